The van der Waals surface area contributed by atoms with Crippen molar-refractivity contribution in [2.24, 2.45) is 5.92 Å². The fraction of sp³-hybridized carbons (Fsp3) is 0.360. The molecule has 1 aromatic heterocycles. The van der Waals surface area contributed by atoms with Crippen molar-refractivity contribution in [3.63, 3.8) is 0 Å². The molecule has 2 aromatic carbocycles. The third kappa shape index (κ3) is 4.13. The topological polar surface area (TPSA) is 56.6 Å². The molecule has 1 amide bonds. The van der Waals surface area contributed by atoms with Crippen LogP contribution < -0.4 is 0 Å². The van der Waals surface area contributed by atoms with Gasteiger partial charge in [-0.2, -0.15) is 5.10 Å². The van der Waals surface area contributed by atoms with Gasteiger partial charge in [0.2, 0.25) is 0 Å². The smallest absolute Gasteiger partial charge is 0.257 e. The lowest BCUT2D eigenvalue weighted by Crippen LogP contribution is -2.41. The molecule has 3 heterocycles. The molecule has 0 unspecified atom stereocenters. The van der Waals surface area contributed by atoms with Crippen LogP contribution in [0.5, 0.6) is 0 Å². The maximum atomic E-state index is 13.6. The number of aryl methyl sites for hydroxylation is 1. The maximum absolute atomic E-state index is 13.6. The Hall–Kier alpha value is -2.96. The number of benzene rings is 2. The third-order valence-corrected chi connectivity index (χ3v) is 6.12. The molecule has 2 aliphatic rings. The van der Waals surface area contributed by atoms with E-state index in [4.69, 9.17) is 14.6 Å². The second-order valence-corrected chi connectivity index (χ2v) is 8.28. The third-order valence-electron chi connectivity index (χ3n) is 6.12. The predicted molar refractivity (Wildman–Crippen MR) is 118 cm³/mol. The van der Waals surface area contributed by atoms with Gasteiger partial charge in [-0.05, 0) is 38.0 Å². The summed E-state index contributed by atoms with van der Waals surface area (Å²) in [4.78, 5) is 15.5. The van der Waals surface area contributed by atoms with Gasteiger partial charge in [-0.1, -0.05) is 42.0 Å². The minimum absolute atomic E-state index is 0.0328. The zero-order chi connectivity index (χ0) is 21.2. The summed E-state index contributed by atoms with van der Waals surface area (Å²) in [5.74, 6) is 0.389. The first-order valence-corrected chi connectivity index (χ1v) is 10.9. The molecular weight excluding hydrogens is 390 g/mol. The lowest BCUT2D eigenvalue weighted by molar-refractivity contribution is -0.0956. The van der Waals surface area contributed by atoms with Crippen molar-refractivity contribution >= 4 is 5.91 Å². The lowest BCUT2D eigenvalue weighted by atomic mass is 9.95. The van der Waals surface area contributed by atoms with Gasteiger partial charge < -0.3 is 14.4 Å². The molecule has 2 aliphatic heterocycles. The first kappa shape index (κ1) is 20.0. The lowest BCUT2D eigenvalue weighted by Gasteiger charge is -2.33. The van der Waals surface area contributed by atoms with Gasteiger partial charge in [-0.25, -0.2) is 4.68 Å². The first-order chi connectivity index (χ1) is 15.2. The van der Waals surface area contributed by atoms with Crippen LogP contribution >= 0.6 is 0 Å². The van der Waals surface area contributed by atoms with Crippen molar-refractivity contribution in [2.75, 3.05) is 26.3 Å². The largest absolute Gasteiger partial charge is 0.350 e. The van der Waals surface area contributed by atoms with Crippen molar-refractivity contribution in [2.45, 2.75) is 26.1 Å². The van der Waals surface area contributed by atoms with Crippen LogP contribution in [0.25, 0.3) is 16.9 Å². The minimum atomic E-state index is -0.110. The molecule has 0 bridgehead atoms. The van der Waals surface area contributed by atoms with E-state index in [0.29, 0.717) is 37.8 Å². The highest BCUT2D eigenvalue weighted by molar-refractivity contribution is 6.00. The van der Waals surface area contributed by atoms with Crippen molar-refractivity contribution in [3.8, 4) is 16.9 Å². The van der Waals surface area contributed by atoms with Crippen LogP contribution in [-0.4, -0.2) is 53.2 Å². The first-order valence-electron chi connectivity index (χ1n) is 10.9. The van der Waals surface area contributed by atoms with E-state index in [2.05, 4.69) is 19.1 Å². The fourth-order valence-corrected chi connectivity index (χ4v) is 4.44. The molecular formula is C25H27N3O3. The van der Waals surface area contributed by atoms with Crippen LogP contribution in [0.2, 0.25) is 0 Å². The van der Waals surface area contributed by atoms with Crippen LogP contribution in [0.15, 0.2) is 60.8 Å². The molecule has 0 saturated carbocycles. The van der Waals surface area contributed by atoms with Crippen molar-refractivity contribution < 1.29 is 14.3 Å². The summed E-state index contributed by atoms with van der Waals surface area (Å²) >= 11 is 0. The summed E-state index contributed by atoms with van der Waals surface area (Å²) in [5, 5.41) is 4.81. The maximum Gasteiger partial charge on any atom is 0.257 e. The number of carbonyl (C=O) groups is 1. The number of rotatable bonds is 4. The number of hydrogen-bond acceptors (Lipinski definition) is 4. The van der Waals surface area contributed by atoms with Crippen molar-refractivity contribution in [1.29, 1.82) is 0 Å². The van der Waals surface area contributed by atoms with Crippen molar-refractivity contribution in [3.05, 3.63) is 71.9 Å². The molecule has 31 heavy (non-hydrogen) atoms. The van der Waals surface area contributed by atoms with Gasteiger partial charge in [0.05, 0.1) is 24.5 Å². The minimum Gasteiger partial charge on any atom is -0.350 e. The van der Waals surface area contributed by atoms with E-state index in [9.17, 15) is 4.79 Å². The molecule has 0 radical (unpaired) electrons. The molecule has 0 N–H and O–H groups in total. The SMILES string of the molecule is Cc1cccc(-c2nn(-c3ccccc3)cc2C(=O)N2CCC(C3OCCO3)CC2)c1. The van der Waals surface area contributed by atoms with Gasteiger partial charge in [0, 0.05) is 30.8 Å². The Morgan fingerprint density at radius 2 is 1.74 bits per heavy atom. The summed E-state index contributed by atoms with van der Waals surface area (Å²) in [5.41, 5.74) is 4.40. The monoisotopic (exact) mass is 417 g/mol. The highest BCUT2D eigenvalue weighted by Gasteiger charge is 2.33. The van der Waals surface area contributed by atoms with E-state index in [0.717, 1.165) is 35.3 Å². The molecule has 0 spiro atoms. The van der Waals surface area contributed by atoms with Crippen LogP contribution in [0.3, 0.4) is 0 Å². The summed E-state index contributed by atoms with van der Waals surface area (Å²) in [7, 11) is 0. The Morgan fingerprint density at radius 3 is 2.45 bits per heavy atom. The van der Waals surface area contributed by atoms with Crippen LogP contribution in [0.1, 0.15) is 28.8 Å². The van der Waals surface area contributed by atoms with Gasteiger partial charge in [0.15, 0.2) is 6.29 Å². The molecule has 0 atom stereocenters. The number of likely N-dealkylation sites (tertiary alicyclic amines) is 1. The summed E-state index contributed by atoms with van der Waals surface area (Å²) in [6, 6.07) is 18.1. The number of piperidine rings is 1. The van der Waals surface area contributed by atoms with Gasteiger partial charge in [0.1, 0.15) is 5.69 Å². The van der Waals surface area contributed by atoms with E-state index in [1.807, 2.05) is 53.6 Å². The quantitative estimate of drug-likeness (QED) is 0.642. The van der Waals surface area contributed by atoms with E-state index in [1.54, 1.807) is 4.68 Å². The average molecular weight is 418 g/mol. The van der Waals surface area contributed by atoms with E-state index in [1.165, 1.54) is 0 Å². The van der Waals surface area contributed by atoms with Gasteiger partial charge in [0.25, 0.3) is 5.91 Å². The number of ether oxygens (including phenoxy) is 2. The van der Waals surface area contributed by atoms with Crippen LogP contribution in [0, 0.1) is 12.8 Å². The van der Waals surface area contributed by atoms with E-state index in [-0.39, 0.29) is 12.2 Å². The average Bonchev–Trinajstić information content (AvgIpc) is 3.50. The van der Waals surface area contributed by atoms with Gasteiger partial charge in [-0.3, -0.25) is 4.79 Å². The standard InChI is InChI=1S/C25H27N3O3/c1-18-6-5-7-20(16-18)23-22(17-28(26-23)21-8-3-2-4-9-21)24(29)27-12-10-19(11-13-27)25-30-14-15-31-25/h2-9,16-17,19,25H,10-15H2,1H3. The summed E-state index contributed by atoms with van der Waals surface area (Å²) in [6.07, 6.45) is 3.54. The summed E-state index contributed by atoms with van der Waals surface area (Å²) < 4.78 is 13.2. The van der Waals surface area contributed by atoms with Crippen molar-refractivity contribution in [1.82, 2.24) is 14.7 Å². The molecule has 0 aliphatic carbocycles. The van der Waals surface area contributed by atoms with Gasteiger partial charge >= 0.3 is 0 Å². The number of carbonyl (C=O) groups excluding carboxylic acids is 1. The Bertz CT molecular complexity index is 1050. The fourth-order valence-electron chi connectivity index (χ4n) is 4.44. The second kappa shape index (κ2) is 8.65. The molecule has 6 heteroatoms. The zero-order valence-corrected chi connectivity index (χ0v) is 17.7. The van der Waals surface area contributed by atoms with E-state index >= 15 is 0 Å². The molecule has 160 valence electrons. The highest BCUT2D eigenvalue weighted by atomic mass is 16.7. The van der Waals surface area contributed by atoms with E-state index < -0.39 is 0 Å². The number of hydrogen-bond donors (Lipinski definition) is 0. The summed E-state index contributed by atoms with van der Waals surface area (Å²) in [6.45, 7) is 4.80. The van der Waals surface area contributed by atoms with Crippen LogP contribution in [0.4, 0.5) is 0 Å². The normalized spacial score (nSPS) is 17.9. The Labute approximate surface area is 182 Å². The Balaban J connectivity index is 1.43. The second-order valence-electron chi connectivity index (χ2n) is 8.28. The number of aromatic nitrogens is 2. The van der Waals surface area contributed by atoms with Gasteiger partial charge in [-0.15, -0.1) is 0 Å². The zero-order valence-electron chi connectivity index (χ0n) is 17.7. The highest BCUT2D eigenvalue weighted by Crippen LogP contribution is 2.29. The molecule has 2 fully saturated rings. The molecule has 2 saturated heterocycles. The number of para-hydroxylation sites is 1. The molecule has 5 rings (SSSR count). The number of nitrogens with zero attached hydrogens (tertiary/aromatic N) is 3. The predicted octanol–water partition coefficient (Wildman–Crippen LogP) is 4.07. The Morgan fingerprint density at radius 1 is 1.00 bits per heavy atom. The van der Waals surface area contributed by atoms with Crippen LogP contribution in [-0.2, 0) is 9.47 Å². The Kier molecular flexibility index (Phi) is 5.57. The molecule has 3 aromatic rings. The number of amides is 1. The molecule has 6 nitrogen and oxygen atoms in total.